The van der Waals surface area contributed by atoms with Crippen LogP contribution in [0.25, 0.3) is 10.9 Å². The zero-order valence-corrected chi connectivity index (χ0v) is 16.8. The van der Waals surface area contributed by atoms with E-state index in [9.17, 15) is 4.79 Å². The fourth-order valence-corrected chi connectivity index (χ4v) is 3.38. The van der Waals surface area contributed by atoms with E-state index in [0.717, 1.165) is 29.4 Å². The van der Waals surface area contributed by atoms with Crippen molar-refractivity contribution in [1.82, 2.24) is 15.2 Å². The Bertz CT molecular complexity index is 1030. The lowest BCUT2D eigenvalue weighted by Gasteiger charge is -2.25. The number of nitrogens with one attached hydrogen (secondary N) is 2. The van der Waals surface area contributed by atoms with Gasteiger partial charge in [0.2, 0.25) is 0 Å². The SMILES string of the molecule is CNC(=S)N(CCc1cccc(C)c1)Cc1cc2ccc(C)cc2[nH]c1=O. The molecule has 4 nitrogen and oxygen atoms in total. The number of H-pyrrole nitrogens is 1. The molecule has 0 radical (unpaired) electrons. The number of aromatic amines is 1. The zero-order valence-electron chi connectivity index (χ0n) is 16.0. The van der Waals surface area contributed by atoms with Crippen molar-refractivity contribution < 1.29 is 0 Å². The summed E-state index contributed by atoms with van der Waals surface area (Å²) in [6.07, 6.45) is 0.869. The number of aryl methyl sites for hydroxylation is 2. The Morgan fingerprint density at radius 3 is 2.63 bits per heavy atom. The molecule has 0 amide bonds. The summed E-state index contributed by atoms with van der Waals surface area (Å²) >= 11 is 5.48. The van der Waals surface area contributed by atoms with Gasteiger partial charge < -0.3 is 15.2 Å². The number of thiocarbonyl (C=S) groups is 1. The summed E-state index contributed by atoms with van der Waals surface area (Å²) in [6, 6.07) is 16.5. The van der Waals surface area contributed by atoms with Crippen LogP contribution in [0.2, 0.25) is 0 Å². The molecule has 0 atom stereocenters. The van der Waals surface area contributed by atoms with E-state index >= 15 is 0 Å². The number of fused-ring (bicyclic) bond motifs is 1. The molecular weight excluding hydrogens is 354 g/mol. The Hall–Kier alpha value is -2.66. The first-order valence-corrected chi connectivity index (χ1v) is 9.52. The standard InChI is InChI=1S/C22H25N3OS/c1-15-5-4-6-17(11-15)9-10-25(22(27)23-3)14-19-13-18-8-7-16(2)12-20(18)24-21(19)26/h4-8,11-13H,9-10,14H2,1-3H3,(H,23,27)(H,24,26). The maximum atomic E-state index is 12.6. The van der Waals surface area contributed by atoms with E-state index in [4.69, 9.17) is 12.2 Å². The summed E-state index contributed by atoms with van der Waals surface area (Å²) in [6.45, 7) is 5.33. The third-order valence-corrected chi connectivity index (χ3v) is 5.16. The van der Waals surface area contributed by atoms with E-state index in [1.807, 2.05) is 37.1 Å². The van der Waals surface area contributed by atoms with Crippen LogP contribution >= 0.6 is 12.2 Å². The number of pyridine rings is 1. The lowest BCUT2D eigenvalue weighted by atomic mass is 10.1. The second-order valence-electron chi connectivity index (χ2n) is 6.93. The van der Waals surface area contributed by atoms with Crippen LogP contribution < -0.4 is 10.9 Å². The molecule has 0 aliphatic heterocycles. The second-order valence-corrected chi connectivity index (χ2v) is 7.32. The average molecular weight is 380 g/mol. The number of hydrogen-bond acceptors (Lipinski definition) is 2. The van der Waals surface area contributed by atoms with E-state index in [1.54, 1.807) is 0 Å². The Morgan fingerprint density at radius 2 is 1.89 bits per heavy atom. The largest absolute Gasteiger partial charge is 0.366 e. The van der Waals surface area contributed by atoms with Crippen LogP contribution in [0.15, 0.2) is 53.3 Å². The van der Waals surface area contributed by atoms with Crippen LogP contribution in [0.1, 0.15) is 22.3 Å². The molecule has 0 bridgehead atoms. The third-order valence-electron chi connectivity index (χ3n) is 4.69. The van der Waals surface area contributed by atoms with E-state index in [-0.39, 0.29) is 5.56 Å². The van der Waals surface area contributed by atoms with Gasteiger partial charge >= 0.3 is 0 Å². The Labute approximate surface area is 165 Å². The van der Waals surface area contributed by atoms with Crippen molar-refractivity contribution in [2.45, 2.75) is 26.8 Å². The summed E-state index contributed by atoms with van der Waals surface area (Å²) in [5.41, 5.74) is 5.16. The first-order chi connectivity index (χ1) is 13.0. The number of rotatable bonds is 5. The van der Waals surface area contributed by atoms with Crippen LogP contribution in [0, 0.1) is 13.8 Å². The number of benzene rings is 2. The van der Waals surface area contributed by atoms with Crippen LogP contribution in [0.3, 0.4) is 0 Å². The molecule has 0 saturated carbocycles. The molecule has 140 valence electrons. The van der Waals surface area contributed by atoms with E-state index in [1.165, 1.54) is 11.1 Å². The Kier molecular flexibility index (Phi) is 5.91. The zero-order chi connectivity index (χ0) is 19.4. The van der Waals surface area contributed by atoms with E-state index in [0.29, 0.717) is 17.2 Å². The monoisotopic (exact) mass is 379 g/mol. The van der Waals surface area contributed by atoms with Crippen LogP contribution in [-0.4, -0.2) is 28.6 Å². The molecule has 1 aromatic heterocycles. The highest BCUT2D eigenvalue weighted by molar-refractivity contribution is 7.80. The predicted molar refractivity (Wildman–Crippen MR) is 116 cm³/mol. The van der Waals surface area contributed by atoms with Crippen molar-refractivity contribution in [3.8, 4) is 0 Å². The van der Waals surface area contributed by atoms with E-state index in [2.05, 4.69) is 47.6 Å². The highest BCUT2D eigenvalue weighted by Crippen LogP contribution is 2.14. The molecule has 1 heterocycles. The number of hydrogen-bond donors (Lipinski definition) is 2. The molecule has 3 aromatic rings. The highest BCUT2D eigenvalue weighted by Gasteiger charge is 2.13. The topological polar surface area (TPSA) is 48.1 Å². The molecule has 0 aliphatic carbocycles. The van der Waals surface area contributed by atoms with Crippen LogP contribution in [-0.2, 0) is 13.0 Å². The smallest absolute Gasteiger partial charge is 0.253 e. The Morgan fingerprint density at radius 1 is 1.11 bits per heavy atom. The Balaban J connectivity index is 1.83. The first kappa shape index (κ1) is 19.1. The lowest BCUT2D eigenvalue weighted by molar-refractivity contribution is 0.411. The van der Waals surface area contributed by atoms with Gasteiger partial charge in [-0.05, 0) is 61.1 Å². The summed E-state index contributed by atoms with van der Waals surface area (Å²) in [4.78, 5) is 17.6. The van der Waals surface area contributed by atoms with Crippen molar-refractivity contribution in [2.24, 2.45) is 0 Å². The molecule has 0 spiro atoms. The minimum Gasteiger partial charge on any atom is -0.366 e. The molecule has 2 N–H and O–H groups in total. The summed E-state index contributed by atoms with van der Waals surface area (Å²) in [5, 5.41) is 4.72. The van der Waals surface area contributed by atoms with Gasteiger partial charge in [-0.15, -0.1) is 0 Å². The fraction of sp³-hybridized carbons (Fsp3) is 0.273. The van der Waals surface area contributed by atoms with Crippen LogP contribution in [0.4, 0.5) is 0 Å². The van der Waals surface area contributed by atoms with Gasteiger partial charge in [0.1, 0.15) is 0 Å². The lowest BCUT2D eigenvalue weighted by Crippen LogP contribution is -2.39. The molecule has 2 aromatic carbocycles. The van der Waals surface area contributed by atoms with Crippen molar-refractivity contribution in [2.75, 3.05) is 13.6 Å². The minimum atomic E-state index is -0.0624. The van der Waals surface area contributed by atoms with Gasteiger partial charge in [-0.2, -0.15) is 0 Å². The molecular formula is C22H25N3OS. The summed E-state index contributed by atoms with van der Waals surface area (Å²) in [7, 11) is 1.81. The fourth-order valence-electron chi connectivity index (χ4n) is 3.23. The summed E-state index contributed by atoms with van der Waals surface area (Å²) in [5.74, 6) is 0. The van der Waals surface area contributed by atoms with Gasteiger partial charge in [0.15, 0.2) is 5.11 Å². The van der Waals surface area contributed by atoms with E-state index < -0.39 is 0 Å². The minimum absolute atomic E-state index is 0.0624. The quantitative estimate of drug-likeness (QED) is 0.664. The number of aromatic nitrogens is 1. The molecule has 0 aliphatic rings. The first-order valence-electron chi connectivity index (χ1n) is 9.11. The highest BCUT2D eigenvalue weighted by atomic mass is 32.1. The second kappa shape index (κ2) is 8.35. The number of nitrogens with zero attached hydrogens (tertiary/aromatic N) is 1. The van der Waals surface area contributed by atoms with Gasteiger partial charge in [0.05, 0.1) is 6.54 Å². The molecule has 3 rings (SSSR count). The van der Waals surface area contributed by atoms with Gasteiger partial charge in [0, 0.05) is 24.7 Å². The normalized spacial score (nSPS) is 10.8. The van der Waals surface area contributed by atoms with Crippen molar-refractivity contribution in [3.63, 3.8) is 0 Å². The molecule has 0 unspecified atom stereocenters. The van der Waals surface area contributed by atoms with Crippen LogP contribution in [0.5, 0.6) is 0 Å². The van der Waals surface area contributed by atoms with Gasteiger partial charge in [-0.3, -0.25) is 4.79 Å². The van der Waals surface area contributed by atoms with Crippen molar-refractivity contribution in [1.29, 1.82) is 0 Å². The van der Waals surface area contributed by atoms with Gasteiger partial charge in [0.25, 0.3) is 5.56 Å². The summed E-state index contributed by atoms with van der Waals surface area (Å²) < 4.78 is 0. The van der Waals surface area contributed by atoms with Crippen molar-refractivity contribution in [3.05, 3.63) is 81.1 Å². The maximum absolute atomic E-state index is 12.6. The molecule has 27 heavy (non-hydrogen) atoms. The van der Waals surface area contributed by atoms with Crippen molar-refractivity contribution >= 4 is 28.2 Å². The average Bonchev–Trinajstić information content (AvgIpc) is 2.65. The molecule has 5 heteroatoms. The predicted octanol–water partition coefficient (Wildman–Crippen LogP) is 3.69. The van der Waals surface area contributed by atoms with Gasteiger partial charge in [-0.25, -0.2) is 0 Å². The molecule has 0 fully saturated rings. The molecule has 0 saturated heterocycles. The maximum Gasteiger partial charge on any atom is 0.253 e. The van der Waals surface area contributed by atoms with Gasteiger partial charge in [-0.1, -0.05) is 42.0 Å². The third kappa shape index (κ3) is 4.74.